The highest BCUT2D eigenvalue weighted by atomic mass is 19.4. The van der Waals surface area contributed by atoms with E-state index in [-0.39, 0.29) is 36.7 Å². The Morgan fingerprint density at radius 3 is 2.69 bits per heavy atom. The molecule has 0 aliphatic carbocycles. The number of nitrogen functional groups attached to an aromatic ring is 1. The Bertz CT molecular complexity index is 1340. The summed E-state index contributed by atoms with van der Waals surface area (Å²) in [7, 11) is 1.83. The van der Waals surface area contributed by atoms with E-state index < -0.39 is 29.3 Å². The van der Waals surface area contributed by atoms with Crippen molar-refractivity contribution in [3.05, 3.63) is 76.1 Å². The number of nitrogens with zero attached hydrogens (tertiary/aromatic N) is 4. The average Bonchev–Trinajstić information content (AvgIpc) is 3.37. The summed E-state index contributed by atoms with van der Waals surface area (Å²) in [5.74, 6) is -1.82. The fraction of sp³-hybridized carbons (Fsp3) is 0.292. The van der Waals surface area contributed by atoms with Crippen molar-refractivity contribution in [1.82, 2.24) is 9.97 Å². The second-order valence-corrected chi connectivity index (χ2v) is 8.68. The summed E-state index contributed by atoms with van der Waals surface area (Å²) in [4.78, 5) is 24.4. The van der Waals surface area contributed by atoms with Gasteiger partial charge in [0.15, 0.2) is 0 Å². The summed E-state index contributed by atoms with van der Waals surface area (Å²) in [5.41, 5.74) is 6.45. The van der Waals surface area contributed by atoms with Crippen LogP contribution in [0.1, 0.15) is 33.7 Å². The summed E-state index contributed by atoms with van der Waals surface area (Å²) in [6, 6.07) is 5.71. The summed E-state index contributed by atoms with van der Waals surface area (Å²) in [6.07, 6.45) is -3.63. The van der Waals surface area contributed by atoms with Crippen LogP contribution in [0.3, 0.4) is 0 Å². The molecule has 1 unspecified atom stereocenters. The number of amides is 1. The highest BCUT2D eigenvalue weighted by molar-refractivity contribution is 5.97. The first-order chi connectivity index (χ1) is 16.6. The number of carbonyl (C=O) groups is 1. The van der Waals surface area contributed by atoms with Gasteiger partial charge in [0.2, 0.25) is 5.91 Å². The molecule has 35 heavy (non-hydrogen) atoms. The highest BCUT2D eigenvalue weighted by Gasteiger charge is 2.37. The first kappa shape index (κ1) is 23.0. The molecular formula is C24H20F5N5O. The van der Waals surface area contributed by atoms with Gasteiger partial charge in [-0.1, -0.05) is 12.1 Å². The van der Waals surface area contributed by atoms with Crippen molar-refractivity contribution in [2.75, 3.05) is 35.7 Å². The molecule has 1 atom stereocenters. The van der Waals surface area contributed by atoms with Crippen LogP contribution in [0.5, 0.6) is 0 Å². The minimum Gasteiger partial charge on any atom is -0.383 e. The van der Waals surface area contributed by atoms with E-state index in [1.54, 1.807) is 12.1 Å². The van der Waals surface area contributed by atoms with E-state index in [9.17, 15) is 22.4 Å². The van der Waals surface area contributed by atoms with Crippen molar-refractivity contribution >= 4 is 23.2 Å². The maximum absolute atomic E-state index is 15.7. The third-order valence-electron chi connectivity index (χ3n) is 6.55. The number of hydrogen-bond acceptors (Lipinski definition) is 5. The number of fused-ring (bicyclic) bond motifs is 2. The van der Waals surface area contributed by atoms with Gasteiger partial charge in [-0.15, -0.1) is 0 Å². The van der Waals surface area contributed by atoms with Crippen LogP contribution in [0, 0.1) is 11.6 Å². The normalized spacial score (nSPS) is 17.0. The summed E-state index contributed by atoms with van der Waals surface area (Å²) < 4.78 is 68.3. The minimum atomic E-state index is -4.87. The van der Waals surface area contributed by atoms with Crippen LogP contribution in [0.2, 0.25) is 0 Å². The van der Waals surface area contributed by atoms with Crippen LogP contribution in [0.25, 0.3) is 0 Å². The first-order valence-corrected chi connectivity index (χ1v) is 10.8. The molecule has 0 saturated carbocycles. The number of benzene rings is 2. The number of aromatic nitrogens is 2. The van der Waals surface area contributed by atoms with Crippen molar-refractivity contribution in [2.24, 2.45) is 0 Å². The second kappa shape index (κ2) is 8.17. The Balaban J connectivity index is 1.42. The van der Waals surface area contributed by atoms with Gasteiger partial charge in [-0.3, -0.25) is 4.79 Å². The first-order valence-electron chi connectivity index (χ1n) is 10.8. The van der Waals surface area contributed by atoms with Gasteiger partial charge in [0.25, 0.3) is 0 Å². The monoisotopic (exact) mass is 489 g/mol. The Labute approximate surface area is 197 Å². The van der Waals surface area contributed by atoms with Crippen molar-refractivity contribution in [3.8, 4) is 0 Å². The standard InChI is InChI=1S/C24H20F5N5O/c1-33-10-15(20-22(30)31-11-32-23(20)33)13-3-5-18-14(21(13)26)6-7-34(18)19(35)9-12-2-4-17(25)16(8-12)24(27,28)29/h2-5,8,11,15H,6-7,9-10H2,1H3,(H2,30,31,32). The molecule has 6 nitrogen and oxygen atoms in total. The van der Waals surface area contributed by atoms with E-state index in [0.29, 0.717) is 46.9 Å². The molecule has 0 fully saturated rings. The van der Waals surface area contributed by atoms with E-state index in [0.717, 1.165) is 6.07 Å². The van der Waals surface area contributed by atoms with Gasteiger partial charge >= 0.3 is 6.18 Å². The smallest absolute Gasteiger partial charge is 0.383 e. The third-order valence-corrected chi connectivity index (χ3v) is 6.55. The molecule has 1 amide bonds. The van der Waals surface area contributed by atoms with Crippen molar-refractivity contribution in [3.63, 3.8) is 0 Å². The van der Waals surface area contributed by atoms with Gasteiger partial charge in [-0.2, -0.15) is 13.2 Å². The van der Waals surface area contributed by atoms with Crippen LogP contribution in [-0.4, -0.2) is 36.0 Å². The molecule has 2 aliphatic heterocycles. The van der Waals surface area contributed by atoms with Crippen molar-refractivity contribution in [1.29, 1.82) is 0 Å². The van der Waals surface area contributed by atoms with E-state index >= 15 is 4.39 Å². The molecule has 11 heteroatoms. The summed E-state index contributed by atoms with van der Waals surface area (Å²) >= 11 is 0. The van der Waals surface area contributed by atoms with Gasteiger partial charge in [-0.05, 0) is 35.7 Å². The van der Waals surface area contributed by atoms with Crippen LogP contribution in [-0.2, 0) is 23.8 Å². The topological polar surface area (TPSA) is 75.3 Å². The number of nitrogens with two attached hydrogens (primary N) is 1. The number of alkyl halides is 3. The number of halogens is 5. The molecule has 2 aromatic carbocycles. The van der Waals surface area contributed by atoms with E-state index in [1.807, 2.05) is 11.9 Å². The van der Waals surface area contributed by atoms with Gasteiger partial charge in [0.05, 0.1) is 12.0 Å². The third kappa shape index (κ3) is 3.84. The highest BCUT2D eigenvalue weighted by Crippen LogP contribution is 2.43. The maximum Gasteiger partial charge on any atom is 0.419 e. The van der Waals surface area contributed by atoms with E-state index in [2.05, 4.69) is 9.97 Å². The van der Waals surface area contributed by atoms with Gasteiger partial charge in [0.1, 0.15) is 29.6 Å². The number of rotatable bonds is 3. The molecular weight excluding hydrogens is 469 g/mol. The molecule has 3 aromatic rings. The zero-order valence-corrected chi connectivity index (χ0v) is 18.5. The van der Waals surface area contributed by atoms with Gasteiger partial charge < -0.3 is 15.5 Å². The Morgan fingerprint density at radius 2 is 1.94 bits per heavy atom. The second-order valence-electron chi connectivity index (χ2n) is 8.68. The quantitative estimate of drug-likeness (QED) is 0.562. The SMILES string of the molecule is CN1CC(c2ccc3c(c2F)CCN3C(=O)Cc2ccc(F)c(C(F)(F)F)c2)c2c(N)ncnc21. The fourth-order valence-corrected chi connectivity index (χ4v) is 4.91. The lowest BCUT2D eigenvalue weighted by molar-refractivity contribution is -0.140. The number of carbonyl (C=O) groups excluding carboxylic acids is 1. The van der Waals surface area contributed by atoms with Crippen molar-refractivity contribution in [2.45, 2.75) is 24.9 Å². The Kier molecular flexibility index (Phi) is 5.37. The molecule has 3 heterocycles. The fourth-order valence-electron chi connectivity index (χ4n) is 4.91. The molecule has 2 aliphatic rings. The van der Waals surface area contributed by atoms with Crippen LogP contribution in [0.15, 0.2) is 36.7 Å². The zero-order valence-electron chi connectivity index (χ0n) is 18.5. The molecule has 2 N–H and O–H groups in total. The van der Waals surface area contributed by atoms with E-state index in [4.69, 9.17) is 5.73 Å². The predicted octanol–water partition coefficient (Wildman–Crippen LogP) is 4.07. The minimum absolute atomic E-state index is 0.0235. The Morgan fingerprint density at radius 1 is 1.17 bits per heavy atom. The Hall–Kier alpha value is -3.76. The molecule has 0 radical (unpaired) electrons. The number of likely N-dealkylation sites (N-methyl/N-ethyl adjacent to an activating group) is 1. The molecule has 0 spiro atoms. The van der Waals surface area contributed by atoms with Crippen LogP contribution in [0.4, 0.5) is 39.3 Å². The molecule has 5 rings (SSSR count). The number of hydrogen-bond donors (Lipinski definition) is 1. The van der Waals surface area contributed by atoms with E-state index in [1.165, 1.54) is 11.2 Å². The summed E-state index contributed by atoms with van der Waals surface area (Å²) in [5, 5.41) is 0. The largest absolute Gasteiger partial charge is 0.419 e. The molecule has 1 aromatic heterocycles. The predicted molar refractivity (Wildman–Crippen MR) is 119 cm³/mol. The zero-order chi connectivity index (χ0) is 25.1. The lowest BCUT2D eigenvalue weighted by Crippen LogP contribution is -2.30. The average molecular weight is 489 g/mol. The van der Waals surface area contributed by atoms with Gasteiger partial charge in [-0.25, -0.2) is 18.7 Å². The lowest BCUT2D eigenvalue weighted by atomic mass is 9.91. The summed E-state index contributed by atoms with van der Waals surface area (Å²) in [6.45, 7) is 0.650. The lowest BCUT2D eigenvalue weighted by Gasteiger charge is -2.20. The maximum atomic E-state index is 15.7. The van der Waals surface area contributed by atoms with Crippen molar-refractivity contribution < 1.29 is 26.7 Å². The molecule has 0 bridgehead atoms. The number of anilines is 3. The molecule has 0 saturated heterocycles. The van der Waals surface area contributed by atoms with Gasteiger partial charge in [0, 0.05) is 42.9 Å². The van der Waals surface area contributed by atoms with Crippen LogP contribution >= 0.6 is 0 Å². The van der Waals surface area contributed by atoms with Crippen LogP contribution < -0.4 is 15.5 Å². The molecule has 182 valence electrons.